The van der Waals surface area contributed by atoms with Gasteiger partial charge < -0.3 is 14.7 Å². The Morgan fingerprint density at radius 3 is 2.73 bits per heavy atom. The molecule has 0 atom stereocenters. The molecule has 0 bridgehead atoms. The van der Waals surface area contributed by atoms with Crippen LogP contribution in [0.4, 0.5) is 5.82 Å². The second-order valence-corrected chi connectivity index (χ2v) is 6.73. The number of aromatic nitrogens is 2. The number of nitrogens with zero attached hydrogens (tertiary/aromatic N) is 3. The quantitative estimate of drug-likeness (QED) is 0.735. The molecule has 1 N–H and O–H groups in total. The Kier molecular flexibility index (Phi) is 4.39. The molecule has 0 spiro atoms. The first-order valence-electron chi connectivity index (χ1n) is 8.40. The van der Waals surface area contributed by atoms with Crippen molar-refractivity contribution in [3.63, 3.8) is 0 Å². The van der Waals surface area contributed by atoms with Gasteiger partial charge in [0.15, 0.2) is 17.3 Å². The second kappa shape index (κ2) is 6.84. The smallest absolute Gasteiger partial charge is 0.166 e. The number of aryl methyl sites for hydroxylation is 1. The highest BCUT2D eigenvalue weighted by Gasteiger charge is 2.21. The third-order valence-electron chi connectivity index (χ3n) is 4.38. The van der Waals surface area contributed by atoms with Gasteiger partial charge in [-0.05, 0) is 54.4 Å². The minimum Gasteiger partial charge on any atom is -0.504 e. The van der Waals surface area contributed by atoms with E-state index in [1.807, 2.05) is 49.4 Å². The van der Waals surface area contributed by atoms with Gasteiger partial charge in [0.1, 0.15) is 6.61 Å². The van der Waals surface area contributed by atoms with E-state index in [2.05, 4.69) is 15.1 Å². The number of fused-ring (bicyclic) bond motifs is 1. The Hall–Kier alpha value is -2.79. The molecule has 0 amide bonds. The average molecular weight is 368 g/mol. The van der Waals surface area contributed by atoms with Gasteiger partial charge in [0.25, 0.3) is 0 Å². The first-order valence-corrected chi connectivity index (χ1v) is 8.78. The third kappa shape index (κ3) is 3.30. The van der Waals surface area contributed by atoms with E-state index < -0.39 is 0 Å². The first kappa shape index (κ1) is 16.7. The molecule has 132 valence electrons. The summed E-state index contributed by atoms with van der Waals surface area (Å²) in [6.45, 7) is 3.62. The van der Waals surface area contributed by atoms with Gasteiger partial charge in [0.05, 0.1) is 12.2 Å². The summed E-state index contributed by atoms with van der Waals surface area (Å²) in [6.07, 6.45) is 0. The van der Waals surface area contributed by atoms with E-state index in [1.165, 1.54) is 0 Å². The number of phenolic OH excluding ortho intramolecular Hbond substituents is 1. The molecule has 5 nitrogen and oxygen atoms in total. The predicted octanol–water partition coefficient (Wildman–Crippen LogP) is 4.21. The third-order valence-corrected chi connectivity index (χ3v) is 4.62. The molecule has 0 unspecified atom stereocenters. The molecule has 0 fully saturated rings. The van der Waals surface area contributed by atoms with E-state index >= 15 is 0 Å². The van der Waals surface area contributed by atoms with Crippen LogP contribution in [0, 0.1) is 6.92 Å². The van der Waals surface area contributed by atoms with Crippen LogP contribution in [0.5, 0.6) is 11.5 Å². The maximum absolute atomic E-state index is 10.5. The van der Waals surface area contributed by atoms with Gasteiger partial charge in [-0.1, -0.05) is 23.7 Å². The molecule has 0 aliphatic carbocycles. The number of halogens is 1. The summed E-state index contributed by atoms with van der Waals surface area (Å²) >= 11 is 6.11. The zero-order valence-electron chi connectivity index (χ0n) is 14.3. The Bertz CT molecular complexity index is 944. The van der Waals surface area contributed by atoms with Crippen LogP contribution in [-0.4, -0.2) is 28.5 Å². The summed E-state index contributed by atoms with van der Waals surface area (Å²) < 4.78 is 5.80. The minimum atomic E-state index is 0.134. The number of ether oxygens (including phenoxy) is 1. The molecule has 1 aliphatic rings. The predicted molar refractivity (Wildman–Crippen MR) is 102 cm³/mol. The second-order valence-electron chi connectivity index (χ2n) is 6.30. The van der Waals surface area contributed by atoms with Crippen LogP contribution in [0.1, 0.15) is 11.3 Å². The summed E-state index contributed by atoms with van der Waals surface area (Å²) in [7, 11) is 0. The van der Waals surface area contributed by atoms with Crippen LogP contribution >= 0.6 is 11.6 Å². The minimum absolute atomic E-state index is 0.134. The molecule has 4 rings (SSSR count). The molecule has 3 aromatic rings. The molecule has 0 radical (unpaired) electrons. The molecular formula is C20H18ClN3O2. The van der Waals surface area contributed by atoms with Crippen molar-refractivity contribution in [1.82, 2.24) is 10.2 Å². The summed E-state index contributed by atoms with van der Waals surface area (Å²) in [5.74, 6) is 1.45. The van der Waals surface area contributed by atoms with Crippen molar-refractivity contribution in [2.24, 2.45) is 0 Å². The first-order chi connectivity index (χ1) is 12.6. The number of hydrogen-bond donors (Lipinski definition) is 1. The summed E-state index contributed by atoms with van der Waals surface area (Å²) in [5.41, 5.74) is 3.62. The lowest BCUT2D eigenvalue weighted by molar-refractivity contribution is 0.311. The maximum atomic E-state index is 10.5. The van der Waals surface area contributed by atoms with E-state index in [0.29, 0.717) is 30.5 Å². The maximum Gasteiger partial charge on any atom is 0.166 e. The summed E-state index contributed by atoms with van der Waals surface area (Å²) in [4.78, 5) is 2.10. The largest absolute Gasteiger partial charge is 0.504 e. The van der Waals surface area contributed by atoms with Crippen molar-refractivity contribution in [1.29, 1.82) is 0 Å². The van der Waals surface area contributed by atoms with E-state index in [1.54, 1.807) is 6.07 Å². The fourth-order valence-corrected chi connectivity index (χ4v) is 3.28. The Balaban J connectivity index is 1.73. The number of phenols is 1. The Morgan fingerprint density at radius 2 is 1.96 bits per heavy atom. The topological polar surface area (TPSA) is 58.5 Å². The molecule has 0 saturated carbocycles. The Morgan fingerprint density at radius 1 is 1.08 bits per heavy atom. The lowest BCUT2D eigenvalue weighted by Gasteiger charge is -2.20. The number of benzene rings is 2. The zero-order chi connectivity index (χ0) is 18.1. The Labute approximate surface area is 156 Å². The van der Waals surface area contributed by atoms with Gasteiger partial charge in [-0.25, -0.2) is 0 Å². The number of anilines is 1. The van der Waals surface area contributed by atoms with Crippen LogP contribution in [-0.2, 0) is 6.54 Å². The highest BCUT2D eigenvalue weighted by atomic mass is 35.5. The lowest BCUT2D eigenvalue weighted by atomic mass is 10.0. The van der Waals surface area contributed by atoms with Gasteiger partial charge in [-0.3, -0.25) is 0 Å². The molecule has 1 aliphatic heterocycles. The standard InChI is InChI=1S/C20H18ClN3O2/c1-13-5-6-19(23-22-13)24-7-8-26-20-16(12-24)9-15(11-18(20)25)14-3-2-4-17(21)10-14/h2-6,9-11,25H,7-8,12H2,1H3. The van der Waals surface area contributed by atoms with Gasteiger partial charge in [-0.15, -0.1) is 5.10 Å². The number of aromatic hydroxyl groups is 1. The lowest BCUT2D eigenvalue weighted by Crippen LogP contribution is -2.26. The van der Waals surface area contributed by atoms with Crippen molar-refractivity contribution in [3.05, 3.63) is 64.8 Å². The van der Waals surface area contributed by atoms with E-state index in [-0.39, 0.29) is 5.75 Å². The highest BCUT2D eigenvalue weighted by Crippen LogP contribution is 2.38. The molecule has 1 aromatic heterocycles. The van der Waals surface area contributed by atoms with Crippen molar-refractivity contribution in [2.45, 2.75) is 13.5 Å². The van der Waals surface area contributed by atoms with E-state index in [9.17, 15) is 5.11 Å². The van der Waals surface area contributed by atoms with Crippen LogP contribution in [0.3, 0.4) is 0 Å². The molecule has 0 saturated heterocycles. The van der Waals surface area contributed by atoms with Crippen LogP contribution in [0.2, 0.25) is 5.02 Å². The molecule has 2 aromatic carbocycles. The van der Waals surface area contributed by atoms with Gasteiger partial charge in [0, 0.05) is 17.1 Å². The molecule has 26 heavy (non-hydrogen) atoms. The SMILES string of the molecule is Cc1ccc(N2CCOc3c(O)cc(-c4cccc(Cl)c4)cc3C2)nn1. The summed E-state index contributed by atoms with van der Waals surface area (Å²) in [5, 5.41) is 19.5. The van der Waals surface area contributed by atoms with Crippen molar-refractivity contribution in [3.8, 4) is 22.6 Å². The normalized spacial score (nSPS) is 13.7. The van der Waals surface area contributed by atoms with Gasteiger partial charge in [-0.2, -0.15) is 5.10 Å². The van der Waals surface area contributed by atoms with Crippen molar-refractivity contribution >= 4 is 17.4 Å². The average Bonchev–Trinajstić information content (AvgIpc) is 2.85. The van der Waals surface area contributed by atoms with Crippen molar-refractivity contribution in [2.75, 3.05) is 18.1 Å². The summed E-state index contributed by atoms with van der Waals surface area (Å²) in [6, 6.07) is 15.2. The monoisotopic (exact) mass is 367 g/mol. The van der Waals surface area contributed by atoms with Crippen LogP contribution < -0.4 is 9.64 Å². The van der Waals surface area contributed by atoms with Crippen molar-refractivity contribution < 1.29 is 9.84 Å². The number of rotatable bonds is 2. The van der Waals surface area contributed by atoms with Crippen LogP contribution in [0.15, 0.2) is 48.5 Å². The molecular weight excluding hydrogens is 350 g/mol. The molecule has 6 heteroatoms. The van der Waals surface area contributed by atoms with Gasteiger partial charge >= 0.3 is 0 Å². The van der Waals surface area contributed by atoms with Gasteiger partial charge in [0.2, 0.25) is 0 Å². The van der Waals surface area contributed by atoms with Crippen LogP contribution in [0.25, 0.3) is 11.1 Å². The fraction of sp³-hybridized carbons (Fsp3) is 0.200. The number of hydrogen-bond acceptors (Lipinski definition) is 5. The zero-order valence-corrected chi connectivity index (χ0v) is 15.1. The van der Waals surface area contributed by atoms with E-state index in [4.69, 9.17) is 16.3 Å². The van der Waals surface area contributed by atoms with E-state index in [0.717, 1.165) is 28.2 Å². The highest BCUT2D eigenvalue weighted by molar-refractivity contribution is 6.30. The fourth-order valence-electron chi connectivity index (χ4n) is 3.09. The molecule has 2 heterocycles.